The van der Waals surface area contributed by atoms with E-state index in [1.165, 1.54) is 11.1 Å². The summed E-state index contributed by atoms with van der Waals surface area (Å²) in [7, 11) is 0. The highest BCUT2D eigenvalue weighted by atomic mass is 16.5. The van der Waals surface area contributed by atoms with Crippen LogP contribution in [0.25, 0.3) is 0 Å². The smallest absolute Gasteiger partial charge is 0.120 e. The van der Waals surface area contributed by atoms with Crippen molar-refractivity contribution in [1.29, 1.82) is 0 Å². The minimum Gasteiger partial charge on any atom is -0.490 e. The van der Waals surface area contributed by atoms with Crippen LogP contribution < -0.4 is 10.1 Å². The average Bonchev–Trinajstić information content (AvgIpc) is 2.40. The lowest BCUT2D eigenvalue weighted by Crippen LogP contribution is -2.26. The molecule has 2 heterocycles. The van der Waals surface area contributed by atoms with Crippen molar-refractivity contribution in [3.8, 4) is 5.75 Å². The fraction of sp³-hybridized carbons (Fsp3) is 0.571. The molecule has 3 nitrogen and oxygen atoms in total. The predicted molar refractivity (Wildman–Crippen MR) is 66.3 cm³/mol. The number of nitrogens with one attached hydrogen (secondary N) is 1. The number of fused-ring (bicyclic) bond motifs is 1. The molecule has 1 aromatic carbocycles. The summed E-state index contributed by atoms with van der Waals surface area (Å²) in [5.41, 5.74) is 2.85. The number of benzene rings is 1. The lowest BCUT2D eigenvalue weighted by atomic mass is 10.0. The van der Waals surface area contributed by atoms with Crippen LogP contribution in [0.2, 0.25) is 0 Å². The van der Waals surface area contributed by atoms with E-state index in [2.05, 4.69) is 23.5 Å². The van der Waals surface area contributed by atoms with Gasteiger partial charge in [-0.3, -0.25) is 0 Å². The maximum Gasteiger partial charge on any atom is 0.120 e. The summed E-state index contributed by atoms with van der Waals surface area (Å²) in [6.45, 7) is 3.72. The van der Waals surface area contributed by atoms with Crippen molar-refractivity contribution in [3.05, 3.63) is 29.3 Å². The Morgan fingerprint density at radius 2 is 2.06 bits per heavy atom. The lowest BCUT2D eigenvalue weighted by Gasteiger charge is -2.24. The van der Waals surface area contributed by atoms with E-state index in [9.17, 15) is 0 Å². The Morgan fingerprint density at radius 1 is 1.18 bits per heavy atom. The highest BCUT2D eigenvalue weighted by molar-refractivity contribution is 5.37. The van der Waals surface area contributed by atoms with Gasteiger partial charge in [0, 0.05) is 19.4 Å². The van der Waals surface area contributed by atoms with Gasteiger partial charge in [-0.05, 0) is 36.2 Å². The summed E-state index contributed by atoms with van der Waals surface area (Å²) >= 11 is 0. The molecule has 0 spiro atoms. The standard InChI is InChI=1S/C14H19NO2/c1-2-14(17-13-4-7-16-8-5-13)9-12-10-15-6-3-11(1)12/h1-2,9,13,15H,3-8,10H2. The fourth-order valence-electron chi connectivity index (χ4n) is 2.52. The van der Waals surface area contributed by atoms with Crippen LogP contribution in [0, 0.1) is 0 Å². The van der Waals surface area contributed by atoms with Crippen molar-refractivity contribution in [1.82, 2.24) is 5.32 Å². The first kappa shape index (κ1) is 11.1. The van der Waals surface area contributed by atoms with Crippen LogP contribution >= 0.6 is 0 Å². The van der Waals surface area contributed by atoms with Crippen LogP contribution in [0.4, 0.5) is 0 Å². The first-order valence-corrected chi connectivity index (χ1v) is 6.49. The molecular weight excluding hydrogens is 214 g/mol. The van der Waals surface area contributed by atoms with Gasteiger partial charge in [-0.2, -0.15) is 0 Å². The molecular formula is C14H19NO2. The van der Waals surface area contributed by atoms with Crippen LogP contribution in [0.3, 0.4) is 0 Å². The van der Waals surface area contributed by atoms with Gasteiger partial charge in [0.25, 0.3) is 0 Å². The van der Waals surface area contributed by atoms with Gasteiger partial charge in [0.2, 0.25) is 0 Å². The Bertz CT molecular complexity index is 386. The largest absolute Gasteiger partial charge is 0.490 e. The van der Waals surface area contributed by atoms with Crippen molar-refractivity contribution in [2.45, 2.75) is 31.9 Å². The molecule has 0 unspecified atom stereocenters. The molecule has 0 atom stereocenters. The molecule has 1 saturated heterocycles. The SMILES string of the molecule is c1cc2c(cc1OC1CCOCC1)CNCC2. The third kappa shape index (κ3) is 2.61. The Balaban J connectivity index is 1.70. The topological polar surface area (TPSA) is 30.5 Å². The Labute approximate surface area is 102 Å². The van der Waals surface area contributed by atoms with Crippen LogP contribution in [-0.4, -0.2) is 25.9 Å². The molecule has 0 aliphatic carbocycles. The van der Waals surface area contributed by atoms with E-state index in [0.717, 1.165) is 51.3 Å². The minimum atomic E-state index is 0.332. The number of hydrogen-bond acceptors (Lipinski definition) is 3. The molecule has 0 bridgehead atoms. The van der Waals surface area contributed by atoms with Crippen LogP contribution in [0.5, 0.6) is 5.75 Å². The second-order valence-corrected chi connectivity index (χ2v) is 4.79. The lowest BCUT2D eigenvalue weighted by molar-refractivity contribution is 0.0255. The molecule has 2 aliphatic heterocycles. The highest BCUT2D eigenvalue weighted by Crippen LogP contribution is 2.23. The summed E-state index contributed by atoms with van der Waals surface area (Å²) in [5, 5.41) is 3.40. The summed E-state index contributed by atoms with van der Waals surface area (Å²) in [4.78, 5) is 0. The highest BCUT2D eigenvalue weighted by Gasteiger charge is 2.16. The maximum atomic E-state index is 6.01. The molecule has 3 heteroatoms. The van der Waals surface area contributed by atoms with Crippen molar-refractivity contribution in [2.75, 3.05) is 19.8 Å². The van der Waals surface area contributed by atoms with Gasteiger partial charge in [-0.1, -0.05) is 6.07 Å². The third-order valence-electron chi connectivity index (χ3n) is 3.54. The van der Waals surface area contributed by atoms with E-state index in [1.54, 1.807) is 0 Å². The number of ether oxygens (including phenoxy) is 2. The van der Waals surface area contributed by atoms with E-state index >= 15 is 0 Å². The van der Waals surface area contributed by atoms with E-state index < -0.39 is 0 Å². The third-order valence-corrected chi connectivity index (χ3v) is 3.54. The molecule has 0 radical (unpaired) electrons. The normalized spacial score (nSPS) is 20.9. The molecule has 0 saturated carbocycles. The molecule has 0 aromatic heterocycles. The molecule has 92 valence electrons. The van der Waals surface area contributed by atoms with Crippen molar-refractivity contribution < 1.29 is 9.47 Å². The molecule has 3 rings (SSSR count). The zero-order valence-corrected chi connectivity index (χ0v) is 10.1. The molecule has 2 aliphatic rings. The van der Waals surface area contributed by atoms with E-state index in [4.69, 9.17) is 9.47 Å². The zero-order valence-electron chi connectivity index (χ0n) is 10.1. The molecule has 1 fully saturated rings. The second kappa shape index (κ2) is 5.07. The Hall–Kier alpha value is -1.06. The van der Waals surface area contributed by atoms with Crippen molar-refractivity contribution in [2.24, 2.45) is 0 Å². The molecule has 0 amide bonds. The summed E-state index contributed by atoms with van der Waals surface area (Å²) < 4.78 is 11.4. The van der Waals surface area contributed by atoms with Crippen LogP contribution in [-0.2, 0) is 17.7 Å². The first-order valence-electron chi connectivity index (χ1n) is 6.49. The maximum absolute atomic E-state index is 6.01. The number of hydrogen-bond donors (Lipinski definition) is 1. The van der Waals surface area contributed by atoms with Gasteiger partial charge in [-0.15, -0.1) is 0 Å². The van der Waals surface area contributed by atoms with E-state index in [1.807, 2.05) is 0 Å². The molecule has 1 N–H and O–H groups in total. The average molecular weight is 233 g/mol. The van der Waals surface area contributed by atoms with Gasteiger partial charge in [0.1, 0.15) is 11.9 Å². The predicted octanol–water partition coefficient (Wildman–Crippen LogP) is 1.89. The van der Waals surface area contributed by atoms with Crippen molar-refractivity contribution in [3.63, 3.8) is 0 Å². The Morgan fingerprint density at radius 3 is 2.94 bits per heavy atom. The van der Waals surface area contributed by atoms with Gasteiger partial charge >= 0.3 is 0 Å². The van der Waals surface area contributed by atoms with Gasteiger partial charge in [0.15, 0.2) is 0 Å². The first-order chi connectivity index (χ1) is 8.42. The van der Waals surface area contributed by atoms with Crippen LogP contribution in [0.1, 0.15) is 24.0 Å². The quantitative estimate of drug-likeness (QED) is 0.846. The second-order valence-electron chi connectivity index (χ2n) is 4.79. The van der Waals surface area contributed by atoms with Crippen LogP contribution in [0.15, 0.2) is 18.2 Å². The van der Waals surface area contributed by atoms with E-state index in [0.29, 0.717) is 6.10 Å². The Kier molecular flexibility index (Phi) is 3.29. The molecule has 1 aromatic rings. The van der Waals surface area contributed by atoms with Gasteiger partial charge < -0.3 is 14.8 Å². The number of rotatable bonds is 2. The van der Waals surface area contributed by atoms with Crippen molar-refractivity contribution >= 4 is 0 Å². The monoisotopic (exact) mass is 233 g/mol. The molecule has 17 heavy (non-hydrogen) atoms. The minimum absolute atomic E-state index is 0.332. The van der Waals surface area contributed by atoms with Gasteiger partial charge in [0.05, 0.1) is 13.2 Å². The van der Waals surface area contributed by atoms with E-state index in [-0.39, 0.29) is 0 Å². The summed E-state index contributed by atoms with van der Waals surface area (Å²) in [6.07, 6.45) is 3.48. The fourth-order valence-corrected chi connectivity index (χ4v) is 2.52. The summed E-state index contributed by atoms with van der Waals surface area (Å²) in [5.74, 6) is 1.01. The zero-order chi connectivity index (χ0) is 11.5. The summed E-state index contributed by atoms with van der Waals surface area (Å²) in [6, 6.07) is 6.52. The van der Waals surface area contributed by atoms with Gasteiger partial charge in [-0.25, -0.2) is 0 Å².